The lowest BCUT2D eigenvalue weighted by Gasteiger charge is -2.36. The van der Waals surface area contributed by atoms with Crippen LogP contribution in [0.4, 0.5) is 23.0 Å². The fourth-order valence-corrected chi connectivity index (χ4v) is 5.01. The predicted molar refractivity (Wildman–Crippen MR) is 153 cm³/mol. The summed E-state index contributed by atoms with van der Waals surface area (Å²) >= 11 is 6.42. The second-order valence-corrected chi connectivity index (χ2v) is 9.63. The number of halogens is 1. The summed E-state index contributed by atoms with van der Waals surface area (Å²) in [4.78, 5) is 25.7. The van der Waals surface area contributed by atoms with Crippen LogP contribution in [0.2, 0.25) is 5.02 Å². The molecule has 0 amide bonds. The fourth-order valence-electron chi connectivity index (χ4n) is 4.75. The number of benzene rings is 3. The maximum atomic E-state index is 11.9. The molecule has 1 saturated heterocycles. The Hall–Kier alpha value is -3.95. The lowest BCUT2D eigenvalue weighted by atomic mass is 10.1. The van der Waals surface area contributed by atoms with Crippen molar-refractivity contribution in [3.63, 3.8) is 0 Å². The van der Waals surface area contributed by atoms with Gasteiger partial charge in [0.1, 0.15) is 5.69 Å². The molecule has 0 spiro atoms. The van der Waals surface area contributed by atoms with Crippen LogP contribution in [0, 0.1) is 10.1 Å². The number of nitro benzene ring substituents is 1. The third kappa shape index (κ3) is 5.79. The number of fused-ring (bicyclic) bond motifs is 1. The number of nitro groups is 1. The minimum Gasteiger partial charge on any atom is -0.380 e. The number of para-hydroxylation sites is 1. The molecule has 0 atom stereocenters. The number of hydrogen-bond acceptors (Lipinski definition) is 8. The highest BCUT2D eigenvalue weighted by molar-refractivity contribution is 6.33. The van der Waals surface area contributed by atoms with Crippen molar-refractivity contribution >= 4 is 45.5 Å². The first kappa shape index (κ1) is 25.7. The Balaban J connectivity index is 1.43. The summed E-state index contributed by atoms with van der Waals surface area (Å²) < 4.78 is 0. The largest absolute Gasteiger partial charge is 0.380 e. The van der Waals surface area contributed by atoms with Gasteiger partial charge in [-0.1, -0.05) is 54.1 Å². The maximum absolute atomic E-state index is 11.9. The van der Waals surface area contributed by atoms with E-state index in [1.165, 1.54) is 0 Å². The van der Waals surface area contributed by atoms with Crippen molar-refractivity contribution in [1.29, 1.82) is 0 Å². The van der Waals surface area contributed by atoms with E-state index < -0.39 is 0 Å². The molecular weight excluding hydrogens is 502 g/mol. The van der Waals surface area contributed by atoms with Crippen LogP contribution in [0.15, 0.2) is 66.7 Å². The van der Waals surface area contributed by atoms with Gasteiger partial charge in [0.15, 0.2) is 0 Å². The van der Waals surface area contributed by atoms with Crippen LogP contribution in [0.25, 0.3) is 10.9 Å². The Bertz CT molecular complexity index is 1430. The molecule has 4 aromatic rings. The van der Waals surface area contributed by atoms with E-state index >= 15 is 0 Å². The second-order valence-electron chi connectivity index (χ2n) is 9.22. The number of rotatable bonds is 9. The van der Waals surface area contributed by atoms with Gasteiger partial charge in [0, 0.05) is 57.3 Å². The first-order chi connectivity index (χ1) is 18.5. The molecule has 5 rings (SSSR count). The Labute approximate surface area is 226 Å². The molecular formula is C28H30ClN7O2. The van der Waals surface area contributed by atoms with E-state index in [0.29, 0.717) is 42.2 Å². The topological polar surface area (TPSA) is 99.5 Å². The molecule has 0 saturated carbocycles. The molecule has 1 aliphatic rings. The molecule has 9 nitrogen and oxygen atoms in total. The predicted octanol–water partition coefficient (Wildman–Crippen LogP) is 5.56. The smallest absolute Gasteiger partial charge is 0.293 e. The van der Waals surface area contributed by atoms with Gasteiger partial charge >= 0.3 is 0 Å². The summed E-state index contributed by atoms with van der Waals surface area (Å²) in [6.07, 6.45) is 0. The zero-order valence-corrected chi connectivity index (χ0v) is 22.0. The normalized spacial score (nSPS) is 14.0. The van der Waals surface area contributed by atoms with E-state index in [-0.39, 0.29) is 10.6 Å². The Kier molecular flexibility index (Phi) is 7.86. The monoisotopic (exact) mass is 531 g/mol. The lowest BCUT2D eigenvalue weighted by Crippen LogP contribution is -2.46. The van der Waals surface area contributed by atoms with Gasteiger partial charge in [0.05, 0.1) is 26.8 Å². The quantitative estimate of drug-likeness (QED) is 0.214. The number of aromatic nitrogens is 2. The maximum Gasteiger partial charge on any atom is 0.293 e. The Morgan fingerprint density at radius 1 is 0.974 bits per heavy atom. The molecule has 0 bridgehead atoms. The summed E-state index contributed by atoms with van der Waals surface area (Å²) in [6.45, 7) is 6.92. The first-order valence-corrected chi connectivity index (χ1v) is 13.1. The Morgan fingerprint density at radius 2 is 1.71 bits per heavy atom. The molecule has 1 aromatic heterocycles. The van der Waals surface area contributed by atoms with Crippen molar-refractivity contribution in [2.45, 2.75) is 20.0 Å². The van der Waals surface area contributed by atoms with E-state index in [2.05, 4.69) is 20.4 Å². The molecule has 3 aromatic carbocycles. The van der Waals surface area contributed by atoms with Crippen molar-refractivity contribution in [3.8, 4) is 0 Å². The molecule has 10 heteroatoms. The highest BCUT2D eigenvalue weighted by atomic mass is 35.5. The summed E-state index contributed by atoms with van der Waals surface area (Å²) in [7, 11) is 0. The van der Waals surface area contributed by atoms with E-state index in [0.717, 1.165) is 48.1 Å². The highest BCUT2D eigenvalue weighted by Crippen LogP contribution is 2.32. The first-order valence-electron chi connectivity index (χ1n) is 12.7. The number of anilines is 3. The van der Waals surface area contributed by atoms with Crippen LogP contribution >= 0.6 is 11.6 Å². The van der Waals surface area contributed by atoms with Gasteiger partial charge in [-0.25, -0.2) is 9.97 Å². The second kappa shape index (κ2) is 11.6. The van der Waals surface area contributed by atoms with Crippen LogP contribution in [0.3, 0.4) is 0 Å². The summed E-state index contributed by atoms with van der Waals surface area (Å²) in [6, 6.07) is 21.3. The van der Waals surface area contributed by atoms with Gasteiger partial charge in [-0.3, -0.25) is 15.0 Å². The molecule has 1 aliphatic heterocycles. The van der Waals surface area contributed by atoms with Gasteiger partial charge in [0.25, 0.3) is 5.69 Å². The van der Waals surface area contributed by atoms with Gasteiger partial charge in [-0.15, -0.1) is 0 Å². The van der Waals surface area contributed by atoms with Crippen LogP contribution in [-0.2, 0) is 13.1 Å². The minimum absolute atomic E-state index is 0.0257. The summed E-state index contributed by atoms with van der Waals surface area (Å²) in [5, 5.41) is 19.7. The average Bonchev–Trinajstić information content (AvgIpc) is 2.93. The minimum atomic E-state index is -0.356. The van der Waals surface area contributed by atoms with Crippen molar-refractivity contribution in [3.05, 3.63) is 93.1 Å². The van der Waals surface area contributed by atoms with Crippen LogP contribution < -0.4 is 15.5 Å². The fraction of sp³-hybridized carbons (Fsp3) is 0.286. The van der Waals surface area contributed by atoms with Crippen LogP contribution in [0.5, 0.6) is 0 Å². The number of piperazine rings is 1. The highest BCUT2D eigenvalue weighted by Gasteiger charge is 2.23. The third-order valence-electron chi connectivity index (χ3n) is 6.69. The number of nitrogens with one attached hydrogen (secondary N) is 2. The molecule has 1 fully saturated rings. The SMILES string of the molecule is CCNc1cc2nc(NCc3ccccc3)nc(CN3CCN(c4ccccc4Cl)CC3)c2cc1[N+](=O)[O-]. The zero-order valence-electron chi connectivity index (χ0n) is 21.2. The molecule has 0 radical (unpaired) electrons. The molecule has 196 valence electrons. The van der Waals surface area contributed by atoms with Gasteiger partial charge in [0.2, 0.25) is 5.95 Å². The summed E-state index contributed by atoms with van der Waals surface area (Å²) in [5.74, 6) is 0.502. The standard InChI is InChI=1S/C28H30ClN7O2/c1-2-30-24-17-23-21(16-27(24)36(37)38)25(33-28(32-23)31-18-20-8-4-3-5-9-20)19-34-12-14-35(15-13-34)26-11-7-6-10-22(26)29/h3-11,16-17,30H,2,12-15,18-19H2,1H3,(H,31,32,33). The molecule has 0 unspecified atom stereocenters. The third-order valence-corrected chi connectivity index (χ3v) is 7.01. The van der Waals surface area contributed by atoms with E-state index in [9.17, 15) is 10.1 Å². The van der Waals surface area contributed by atoms with E-state index in [1.807, 2.05) is 61.5 Å². The average molecular weight is 532 g/mol. The molecule has 38 heavy (non-hydrogen) atoms. The van der Waals surface area contributed by atoms with Crippen molar-refractivity contribution in [2.75, 3.05) is 48.3 Å². The number of hydrogen-bond donors (Lipinski definition) is 2. The number of nitrogens with zero attached hydrogens (tertiary/aromatic N) is 5. The van der Waals surface area contributed by atoms with Gasteiger partial charge < -0.3 is 15.5 Å². The van der Waals surface area contributed by atoms with Crippen molar-refractivity contribution in [1.82, 2.24) is 14.9 Å². The molecule has 2 heterocycles. The summed E-state index contributed by atoms with van der Waals surface area (Å²) in [5.41, 5.74) is 4.07. The van der Waals surface area contributed by atoms with Gasteiger partial charge in [-0.2, -0.15) is 0 Å². The van der Waals surface area contributed by atoms with Crippen molar-refractivity contribution < 1.29 is 4.92 Å². The van der Waals surface area contributed by atoms with Gasteiger partial charge in [-0.05, 0) is 30.7 Å². The Morgan fingerprint density at radius 3 is 2.42 bits per heavy atom. The molecule has 0 aliphatic carbocycles. The van der Waals surface area contributed by atoms with Crippen LogP contribution in [0.1, 0.15) is 18.2 Å². The van der Waals surface area contributed by atoms with Crippen LogP contribution in [-0.4, -0.2) is 52.5 Å². The lowest BCUT2D eigenvalue weighted by molar-refractivity contribution is -0.383. The zero-order chi connectivity index (χ0) is 26.5. The van der Waals surface area contributed by atoms with E-state index in [4.69, 9.17) is 21.6 Å². The molecule has 2 N–H and O–H groups in total. The van der Waals surface area contributed by atoms with E-state index in [1.54, 1.807) is 12.1 Å². The van der Waals surface area contributed by atoms with Crippen molar-refractivity contribution in [2.24, 2.45) is 0 Å².